The van der Waals surface area contributed by atoms with Crippen molar-refractivity contribution in [3.05, 3.63) is 10.1 Å². The Kier molecular flexibility index (Phi) is 11.8. The Morgan fingerprint density at radius 3 is 2.52 bits per heavy atom. The molecule has 2 saturated heterocycles. The maximum Gasteiger partial charge on any atom is 0.481 e. The fourth-order valence-corrected chi connectivity index (χ4v) is 8.29. The van der Waals surface area contributed by atoms with Crippen molar-refractivity contribution in [3.8, 4) is 0 Å². The number of hydrogen-bond donors (Lipinski definition) is 3. The molecule has 0 aromatic heterocycles. The summed E-state index contributed by atoms with van der Waals surface area (Å²) < 4.78 is 18.9. The van der Waals surface area contributed by atoms with Crippen molar-refractivity contribution in [1.82, 2.24) is 15.6 Å². The number of carbonyl (C=O) groups is 3. The standard InChI is InChI=1S/C33H57BN6O8/c1-20(2)16-27(34-47-26-19-22-18-25(32(22,6)7)33(26,8)48-34)37-28(42)21(12-11-14-36-29(35)38-40(44)45)17-24(41)23-13-9-10-15-39(23)30(43)46-31(3,4)5/h20-23,25-27H,9-19H2,1-8H3,(H,37,42)(H3,35,36,38)/t21-,22-,23?,25-,26-,27+,33+/m1/s1. The van der Waals surface area contributed by atoms with Gasteiger partial charge in [-0.2, -0.15) is 0 Å². The number of likely N-dealkylation sites (tertiary alicyclic amines) is 1. The van der Waals surface area contributed by atoms with Gasteiger partial charge in [0.2, 0.25) is 5.91 Å². The minimum atomic E-state index is -0.794. The Balaban J connectivity index is 1.50. The first-order chi connectivity index (χ1) is 22.3. The number of guanidine groups is 1. The maximum atomic E-state index is 14.1. The van der Waals surface area contributed by atoms with E-state index in [2.05, 4.69) is 44.9 Å². The molecule has 0 spiro atoms. The van der Waals surface area contributed by atoms with Crippen LogP contribution >= 0.6 is 0 Å². The molecule has 2 amide bonds. The third kappa shape index (κ3) is 8.80. The van der Waals surface area contributed by atoms with Gasteiger partial charge in [0.1, 0.15) is 5.60 Å². The van der Waals surface area contributed by atoms with Crippen LogP contribution in [0.4, 0.5) is 4.79 Å². The fraction of sp³-hybridized carbons (Fsp3) is 0.879. The highest BCUT2D eigenvalue weighted by Gasteiger charge is 2.68. The third-order valence-electron chi connectivity index (χ3n) is 10.9. The molecule has 15 heteroatoms. The van der Waals surface area contributed by atoms with E-state index < -0.39 is 47.3 Å². The molecule has 14 nitrogen and oxygen atoms in total. The normalized spacial score (nSPS) is 29.4. The molecule has 0 radical (unpaired) electrons. The number of nitrogens with one attached hydrogen (secondary N) is 2. The average molecular weight is 677 g/mol. The van der Waals surface area contributed by atoms with E-state index in [4.69, 9.17) is 19.8 Å². The smallest absolute Gasteiger partial charge is 0.444 e. The van der Waals surface area contributed by atoms with Crippen LogP contribution in [-0.4, -0.2) is 83.2 Å². The lowest BCUT2D eigenvalue weighted by Gasteiger charge is -2.64. The van der Waals surface area contributed by atoms with Crippen LogP contribution in [0.25, 0.3) is 0 Å². The first-order valence-electron chi connectivity index (χ1n) is 17.7. The number of nitrogens with zero attached hydrogens (tertiary/aromatic N) is 3. The van der Waals surface area contributed by atoms with Gasteiger partial charge in [0.05, 0.1) is 23.7 Å². The van der Waals surface area contributed by atoms with Crippen molar-refractivity contribution >= 4 is 30.9 Å². The van der Waals surface area contributed by atoms with Crippen LogP contribution in [0, 0.1) is 39.2 Å². The van der Waals surface area contributed by atoms with Gasteiger partial charge >= 0.3 is 13.2 Å². The highest BCUT2D eigenvalue weighted by molar-refractivity contribution is 6.47. The Morgan fingerprint density at radius 1 is 1.19 bits per heavy atom. The Bertz CT molecular complexity index is 1240. The molecule has 1 unspecified atom stereocenters. The van der Waals surface area contributed by atoms with E-state index in [1.165, 1.54) is 4.90 Å². The van der Waals surface area contributed by atoms with E-state index in [1.54, 1.807) is 20.8 Å². The van der Waals surface area contributed by atoms with Crippen LogP contribution in [0.2, 0.25) is 0 Å². The molecule has 5 fully saturated rings. The maximum absolute atomic E-state index is 14.1. The number of amides is 2. The zero-order chi connectivity index (χ0) is 35.6. The lowest BCUT2D eigenvalue weighted by atomic mass is 9.43. The highest BCUT2D eigenvalue weighted by atomic mass is 16.7. The number of hydrazine groups is 1. The molecule has 5 rings (SSSR count). The van der Waals surface area contributed by atoms with Crippen molar-refractivity contribution in [2.45, 2.75) is 142 Å². The molecule has 2 bridgehead atoms. The largest absolute Gasteiger partial charge is 0.481 e. The first-order valence-corrected chi connectivity index (χ1v) is 17.7. The monoisotopic (exact) mass is 676 g/mol. The van der Waals surface area contributed by atoms with Crippen LogP contribution in [0.5, 0.6) is 0 Å². The molecule has 3 saturated carbocycles. The molecule has 48 heavy (non-hydrogen) atoms. The molecule has 0 aromatic rings. The minimum absolute atomic E-state index is 0.0375. The number of nitrogens with two attached hydrogens (primary N) is 1. The second-order valence-electron chi connectivity index (χ2n) is 16.4. The number of Topliss-reactive ketones (excluding diaryl/α,β-unsaturated/α-hetero) is 1. The molecule has 2 heterocycles. The van der Waals surface area contributed by atoms with E-state index in [-0.39, 0.29) is 54.5 Å². The van der Waals surface area contributed by atoms with Gasteiger partial charge in [-0.3, -0.25) is 14.5 Å². The number of piperidine rings is 1. The average Bonchev–Trinajstić information content (AvgIpc) is 3.34. The van der Waals surface area contributed by atoms with Crippen LogP contribution in [0.15, 0.2) is 4.99 Å². The van der Waals surface area contributed by atoms with Crippen molar-refractivity contribution in [1.29, 1.82) is 0 Å². The molecule has 0 aromatic carbocycles. The zero-order valence-electron chi connectivity index (χ0n) is 30.1. The summed E-state index contributed by atoms with van der Waals surface area (Å²) in [7, 11) is -0.614. The first kappa shape index (κ1) is 37.9. The summed E-state index contributed by atoms with van der Waals surface area (Å²) >= 11 is 0. The molecule has 5 aliphatic rings. The number of aliphatic imine (C=N–C) groups is 1. The molecule has 3 aliphatic carbocycles. The van der Waals surface area contributed by atoms with Crippen LogP contribution in [0.1, 0.15) is 113 Å². The zero-order valence-corrected chi connectivity index (χ0v) is 30.1. The van der Waals surface area contributed by atoms with Gasteiger partial charge in [-0.05, 0) is 102 Å². The number of ether oxygens (including phenoxy) is 1. The van der Waals surface area contributed by atoms with Gasteiger partial charge < -0.3 is 25.1 Å². The number of ketones is 1. The Hall–Kier alpha value is -2.94. The van der Waals surface area contributed by atoms with Gasteiger partial charge in [-0.1, -0.05) is 33.1 Å². The summed E-state index contributed by atoms with van der Waals surface area (Å²) in [6.07, 6.45) is 4.71. The summed E-state index contributed by atoms with van der Waals surface area (Å²) in [5.41, 5.74) is 6.42. The fourth-order valence-electron chi connectivity index (χ4n) is 8.29. The van der Waals surface area contributed by atoms with E-state index in [1.807, 2.05) is 5.43 Å². The third-order valence-corrected chi connectivity index (χ3v) is 10.9. The Morgan fingerprint density at radius 2 is 1.90 bits per heavy atom. The Labute approximate surface area is 285 Å². The molecule has 7 atom stereocenters. The van der Waals surface area contributed by atoms with E-state index in [0.29, 0.717) is 37.6 Å². The lowest BCUT2D eigenvalue weighted by molar-refractivity contribution is -0.525. The number of nitro groups is 1. The highest BCUT2D eigenvalue weighted by Crippen LogP contribution is 2.65. The molecule has 4 N–H and O–H groups in total. The summed E-state index contributed by atoms with van der Waals surface area (Å²) in [6.45, 7) is 16.8. The summed E-state index contributed by atoms with van der Waals surface area (Å²) in [4.78, 5) is 57.2. The summed E-state index contributed by atoms with van der Waals surface area (Å²) in [6, 6.07) is -0.687. The quantitative estimate of drug-likeness (QED) is 0.0642. The van der Waals surface area contributed by atoms with Crippen LogP contribution in [0.3, 0.4) is 0 Å². The second kappa shape index (κ2) is 14.9. The minimum Gasteiger partial charge on any atom is -0.444 e. The SMILES string of the molecule is CC(C)C[C@H](NC(=O)[C@H](CCCN=C(N)N[N+](=O)[O-])CC(=O)C1CCCCN1C(=O)OC(C)(C)C)B1O[C@@H]2C[C@H]3C[C@H](C3(C)C)[C@]2(C)O1. The van der Waals surface area contributed by atoms with Crippen LogP contribution < -0.4 is 16.5 Å². The second-order valence-corrected chi connectivity index (χ2v) is 16.4. The van der Waals surface area contributed by atoms with E-state index >= 15 is 0 Å². The van der Waals surface area contributed by atoms with Gasteiger partial charge in [0.15, 0.2) is 10.8 Å². The van der Waals surface area contributed by atoms with Crippen molar-refractivity contribution in [3.63, 3.8) is 0 Å². The van der Waals surface area contributed by atoms with Crippen LogP contribution in [-0.2, 0) is 23.6 Å². The topological polar surface area (TPSA) is 188 Å². The van der Waals surface area contributed by atoms with E-state index in [0.717, 1.165) is 25.7 Å². The number of hydrogen-bond acceptors (Lipinski definition) is 9. The molecular weight excluding hydrogens is 619 g/mol. The van der Waals surface area contributed by atoms with Gasteiger partial charge in [0.25, 0.3) is 5.96 Å². The van der Waals surface area contributed by atoms with Gasteiger partial charge in [-0.15, -0.1) is 0 Å². The summed E-state index contributed by atoms with van der Waals surface area (Å²) in [5.74, 6) is -0.799. The van der Waals surface area contributed by atoms with Gasteiger partial charge in [-0.25, -0.2) is 19.9 Å². The molecular formula is C33H57BN6O8. The lowest BCUT2D eigenvalue weighted by Crippen LogP contribution is -2.65. The van der Waals surface area contributed by atoms with Crippen molar-refractivity contribution in [2.75, 3.05) is 13.1 Å². The molecule has 270 valence electrons. The van der Waals surface area contributed by atoms with E-state index in [9.17, 15) is 24.5 Å². The number of rotatable bonds is 13. The van der Waals surface area contributed by atoms with Crippen molar-refractivity contribution in [2.24, 2.45) is 39.8 Å². The predicted octanol–water partition coefficient (Wildman–Crippen LogP) is 4.03. The summed E-state index contributed by atoms with van der Waals surface area (Å²) in [5, 5.41) is 13.1. The van der Waals surface area contributed by atoms with Crippen molar-refractivity contribution < 1.29 is 33.5 Å². The predicted molar refractivity (Wildman–Crippen MR) is 181 cm³/mol. The van der Waals surface area contributed by atoms with Gasteiger partial charge in [0, 0.05) is 25.4 Å². The number of carbonyl (C=O) groups excluding carboxylic acids is 3. The molecule has 2 aliphatic heterocycles.